The van der Waals surface area contributed by atoms with Crippen molar-refractivity contribution in [2.24, 2.45) is 17.8 Å². The van der Waals surface area contributed by atoms with E-state index in [4.69, 9.17) is 4.74 Å². The summed E-state index contributed by atoms with van der Waals surface area (Å²) >= 11 is 3.54. The Hall–Kier alpha value is -0.830. The van der Waals surface area contributed by atoms with Crippen molar-refractivity contribution in [1.29, 1.82) is 0 Å². The third-order valence-electron chi connectivity index (χ3n) is 4.89. The Morgan fingerprint density at radius 1 is 1.26 bits per heavy atom. The van der Waals surface area contributed by atoms with Crippen molar-refractivity contribution in [2.75, 3.05) is 6.61 Å². The van der Waals surface area contributed by atoms with E-state index in [1.54, 1.807) is 0 Å². The van der Waals surface area contributed by atoms with Gasteiger partial charge in [0.25, 0.3) is 0 Å². The zero-order chi connectivity index (χ0) is 13.0. The number of hydrogen-bond acceptors (Lipinski definition) is 2. The highest BCUT2D eigenvalue weighted by molar-refractivity contribution is 9.10. The average Bonchev–Trinajstić information content (AvgIpc) is 2.80. The molecule has 2 fully saturated rings. The van der Waals surface area contributed by atoms with Gasteiger partial charge in [-0.3, -0.25) is 4.79 Å². The molecule has 0 N–H and O–H groups in total. The van der Waals surface area contributed by atoms with Crippen molar-refractivity contribution in [3.05, 3.63) is 27.7 Å². The van der Waals surface area contributed by atoms with Crippen LogP contribution in [0.3, 0.4) is 0 Å². The number of ketones is 1. The van der Waals surface area contributed by atoms with Gasteiger partial charge in [-0.05, 0) is 48.8 Å². The summed E-state index contributed by atoms with van der Waals surface area (Å²) in [6, 6.07) is 4.17. The standard InChI is InChI=1S/C16H17BrO2/c17-14-6-9-1-2-19-16(9)13(7-14)8-15(18)12-4-10-3-11(10)5-12/h6-7,10-12H,1-5,8H2. The van der Waals surface area contributed by atoms with Crippen LogP contribution in [0.15, 0.2) is 16.6 Å². The van der Waals surface area contributed by atoms with E-state index < -0.39 is 0 Å². The van der Waals surface area contributed by atoms with Crippen LogP contribution < -0.4 is 4.74 Å². The van der Waals surface area contributed by atoms with Gasteiger partial charge in [0.05, 0.1) is 6.61 Å². The van der Waals surface area contributed by atoms with Crippen LogP contribution in [0.2, 0.25) is 0 Å². The van der Waals surface area contributed by atoms with Crippen molar-refractivity contribution in [1.82, 2.24) is 0 Å². The Morgan fingerprint density at radius 3 is 2.84 bits per heavy atom. The monoisotopic (exact) mass is 320 g/mol. The molecule has 1 aliphatic heterocycles. The number of carbonyl (C=O) groups is 1. The van der Waals surface area contributed by atoms with E-state index in [1.807, 2.05) is 0 Å². The van der Waals surface area contributed by atoms with Crippen molar-refractivity contribution in [3.63, 3.8) is 0 Å². The fraction of sp³-hybridized carbons (Fsp3) is 0.562. The second-order valence-electron chi connectivity index (χ2n) is 6.22. The minimum absolute atomic E-state index is 0.319. The molecule has 0 aromatic heterocycles. The zero-order valence-corrected chi connectivity index (χ0v) is 12.4. The molecule has 3 heteroatoms. The van der Waals surface area contributed by atoms with Crippen molar-refractivity contribution in [2.45, 2.75) is 32.1 Å². The molecule has 0 saturated heterocycles. The summed E-state index contributed by atoms with van der Waals surface area (Å²) in [5.74, 6) is 3.46. The van der Waals surface area contributed by atoms with Gasteiger partial charge in [0.1, 0.15) is 11.5 Å². The average molecular weight is 321 g/mol. The summed E-state index contributed by atoms with van der Waals surface area (Å²) in [5.41, 5.74) is 2.32. The molecular weight excluding hydrogens is 304 g/mol. The molecule has 0 spiro atoms. The fourth-order valence-electron chi connectivity index (χ4n) is 3.79. The van der Waals surface area contributed by atoms with Crippen LogP contribution in [-0.4, -0.2) is 12.4 Å². The predicted molar refractivity (Wildman–Crippen MR) is 76.4 cm³/mol. The number of benzene rings is 1. The molecule has 2 nitrogen and oxygen atoms in total. The van der Waals surface area contributed by atoms with E-state index in [0.29, 0.717) is 18.1 Å². The van der Waals surface area contributed by atoms with E-state index in [0.717, 1.165) is 53.5 Å². The van der Waals surface area contributed by atoms with E-state index in [1.165, 1.54) is 12.0 Å². The minimum atomic E-state index is 0.319. The minimum Gasteiger partial charge on any atom is -0.493 e. The fourth-order valence-corrected chi connectivity index (χ4v) is 4.34. The molecule has 4 rings (SSSR count). The molecular formula is C16H17BrO2. The normalized spacial score (nSPS) is 30.7. The maximum absolute atomic E-state index is 12.4. The topological polar surface area (TPSA) is 26.3 Å². The maximum atomic E-state index is 12.4. The first-order valence-corrected chi connectivity index (χ1v) is 7.97. The molecule has 0 radical (unpaired) electrons. The number of rotatable bonds is 3. The van der Waals surface area contributed by atoms with Crippen LogP contribution in [0, 0.1) is 17.8 Å². The summed E-state index contributed by atoms with van der Waals surface area (Å²) in [6.07, 6.45) is 5.16. The van der Waals surface area contributed by atoms with E-state index in [2.05, 4.69) is 28.1 Å². The van der Waals surface area contributed by atoms with Crippen LogP contribution in [0.25, 0.3) is 0 Å². The zero-order valence-electron chi connectivity index (χ0n) is 10.8. The Balaban J connectivity index is 1.54. The van der Waals surface area contributed by atoms with Gasteiger partial charge in [0.15, 0.2) is 0 Å². The number of ether oxygens (including phenoxy) is 1. The number of Topliss-reactive ketones (excluding diaryl/α,β-unsaturated/α-hetero) is 1. The van der Waals surface area contributed by atoms with Gasteiger partial charge in [0, 0.05) is 28.8 Å². The summed E-state index contributed by atoms with van der Waals surface area (Å²) in [7, 11) is 0. The predicted octanol–water partition coefficient (Wildman–Crippen LogP) is 3.54. The van der Waals surface area contributed by atoms with E-state index in [9.17, 15) is 4.79 Å². The molecule has 1 aromatic rings. The highest BCUT2D eigenvalue weighted by Gasteiger charge is 2.47. The lowest BCUT2D eigenvalue weighted by molar-refractivity contribution is -0.122. The smallest absolute Gasteiger partial charge is 0.140 e. The number of carbonyl (C=O) groups excluding carboxylic acids is 1. The van der Waals surface area contributed by atoms with Crippen LogP contribution >= 0.6 is 15.9 Å². The molecule has 2 aliphatic carbocycles. The number of fused-ring (bicyclic) bond motifs is 2. The van der Waals surface area contributed by atoms with Crippen LogP contribution in [0.1, 0.15) is 30.4 Å². The van der Waals surface area contributed by atoms with Crippen molar-refractivity contribution in [3.8, 4) is 5.75 Å². The third kappa shape index (κ3) is 2.12. The van der Waals surface area contributed by atoms with Crippen LogP contribution in [0.5, 0.6) is 5.75 Å². The molecule has 1 heterocycles. The Morgan fingerprint density at radius 2 is 2.05 bits per heavy atom. The van der Waals surface area contributed by atoms with Crippen molar-refractivity contribution < 1.29 is 9.53 Å². The molecule has 0 amide bonds. The first-order chi connectivity index (χ1) is 9.20. The van der Waals surface area contributed by atoms with Gasteiger partial charge in [-0.15, -0.1) is 0 Å². The molecule has 0 bridgehead atoms. The highest BCUT2D eigenvalue weighted by atomic mass is 79.9. The van der Waals surface area contributed by atoms with Gasteiger partial charge in [-0.2, -0.15) is 0 Å². The number of halogens is 1. The Labute approximate surface area is 121 Å². The molecule has 3 aliphatic rings. The Kier molecular flexibility index (Phi) is 2.73. The summed E-state index contributed by atoms with van der Waals surface area (Å²) in [5, 5.41) is 0. The molecule has 100 valence electrons. The van der Waals surface area contributed by atoms with E-state index in [-0.39, 0.29) is 0 Å². The first-order valence-electron chi connectivity index (χ1n) is 7.17. The van der Waals surface area contributed by atoms with Crippen LogP contribution in [-0.2, 0) is 17.6 Å². The quantitative estimate of drug-likeness (QED) is 0.851. The second kappa shape index (κ2) is 4.34. The SMILES string of the molecule is O=C(Cc1cc(Br)cc2c1OCC2)C1CC2CC2C1. The lowest BCUT2D eigenvalue weighted by Crippen LogP contribution is -2.15. The van der Waals surface area contributed by atoms with Gasteiger partial charge in [-0.25, -0.2) is 0 Å². The molecule has 1 aromatic carbocycles. The van der Waals surface area contributed by atoms with Gasteiger partial charge in [-0.1, -0.05) is 15.9 Å². The lowest BCUT2D eigenvalue weighted by Gasteiger charge is -2.13. The largest absolute Gasteiger partial charge is 0.493 e. The van der Waals surface area contributed by atoms with Gasteiger partial charge < -0.3 is 4.74 Å². The molecule has 2 unspecified atom stereocenters. The lowest BCUT2D eigenvalue weighted by atomic mass is 9.93. The third-order valence-corrected chi connectivity index (χ3v) is 5.35. The first kappa shape index (κ1) is 12.0. The summed E-state index contributed by atoms with van der Waals surface area (Å²) in [6.45, 7) is 0.751. The van der Waals surface area contributed by atoms with Crippen LogP contribution in [0.4, 0.5) is 0 Å². The van der Waals surface area contributed by atoms with E-state index >= 15 is 0 Å². The Bertz CT molecular complexity index is 542. The highest BCUT2D eigenvalue weighted by Crippen LogP contribution is 2.54. The van der Waals surface area contributed by atoms with Gasteiger partial charge in [0.2, 0.25) is 0 Å². The van der Waals surface area contributed by atoms with Crippen molar-refractivity contribution >= 4 is 21.7 Å². The molecule has 2 saturated carbocycles. The molecule has 2 atom stereocenters. The van der Waals surface area contributed by atoms with Gasteiger partial charge >= 0.3 is 0 Å². The number of hydrogen-bond donors (Lipinski definition) is 0. The maximum Gasteiger partial charge on any atom is 0.140 e. The molecule has 19 heavy (non-hydrogen) atoms. The summed E-state index contributed by atoms with van der Waals surface area (Å²) in [4.78, 5) is 12.4. The summed E-state index contributed by atoms with van der Waals surface area (Å²) < 4.78 is 6.77. The second-order valence-corrected chi connectivity index (χ2v) is 7.13.